The molecule has 0 aliphatic carbocycles. The van der Waals surface area contributed by atoms with Crippen LogP contribution >= 0.6 is 11.6 Å². The van der Waals surface area contributed by atoms with Crippen molar-refractivity contribution in [2.24, 2.45) is 4.99 Å². The van der Waals surface area contributed by atoms with Gasteiger partial charge in [-0.1, -0.05) is 11.6 Å². The normalized spacial score (nSPS) is 38.5. The van der Waals surface area contributed by atoms with Crippen molar-refractivity contribution in [3.8, 4) is 5.75 Å². The van der Waals surface area contributed by atoms with E-state index in [1.165, 1.54) is 18.2 Å². The monoisotopic (exact) mass is 511 g/mol. The zero-order chi connectivity index (χ0) is 25.1. The quantitative estimate of drug-likeness (QED) is 0.608. The van der Waals surface area contributed by atoms with E-state index in [0.29, 0.717) is 51.6 Å². The van der Waals surface area contributed by atoms with E-state index < -0.39 is 5.82 Å². The fourth-order valence-corrected chi connectivity index (χ4v) is 6.96. The first-order valence-electron chi connectivity index (χ1n) is 12.3. The lowest BCUT2D eigenvalue weighted by Crippen LogP contribution is -2.66. The molecule has 1 unspecified atom stereocenters. The number of fused-ring (bicyclic) bond motifs is 3. The van der Waals surface area contributed by atoms with Gasteiger partial charge in [-0.2, -0.15) is 0 Å². The van der Waals surface area contributed by atoms with Gasteiger partial charge in [0.15, 0.2) is 0 Å². The number of amides is 1. The number of allylic oxidation sites excluding steroid dienone is 2. The van der Waals surface area contributed by atoms with Crippen LogP contribution in [0, 0.1) is 11.2 Å². The highest BCUT2D eigenvalue weighted by Crippen LogP contribution is 2.62. The van der Waals surface area contributed by atoms with E-state index in [0.717, 1.165) is 18.5 Å². The number of epoxide rings is 1. The molecule has 5 saturated heterocycles. The van der Waals surface area contributed by atoms with E-state index in [-0.39, 0.29) is 42.5 Å². The number of hydrogen-bond donors (Lipinski definition) is 2. The number of nitrogens with zero attached hydrogens (tertiary/aromatic N) is 3. The molecule has 0 aromatic heterocycles. The maximum atomic E-state index is 14.3. The van der Waals surface area contributed by atoms with E-state index >= 15 is 0 Å². The molecular formula is C26H27ClFN5O3. The molecule has 6 heterocycles. The van der Waals surface area contributed by atoms with E-state index in [9.17, 15) is 9.18 Å². The topological polar surface area (TPSA) is 93.6 Å². The van der Waals surface area contributed by atoms with E-state index in [1.54, 1.807) is 4.90 Å². The minimum atomic E-state index is -0.449. The molecule has 5 fully saturated rings. The third kappa shape index (κ3) is 3.02. The molecule has 10 heteroatoms. The van der Waals surface area contributed by atoms with Gasteiger partial charge >= 0.3 is 0 Å². The van der Waals surface area contributed by atoms with Crippen LogP contribution in [0.15, 0.2) is 45.3 Å². The zero-order valence-corrected chi connectivity index (χ0v) is 21.0. The zero-order valence-electron chi connectivity index (χ0n) is 20.3. The number of benzene rings is 1. The molecule has 36 heavy (non-hydrogen) atoms. The Balaban J connectivity index is 1.14. The van der Waals surface area contributed by atoms with Crippen molar-refractivity contribution in [2.45, 2.75) is 69.5 Å². The number of likely N-dealkylation sites (tertiary alicyclic amines) is 1. The number of morpholine rings is 1. The van der Waals surface area contributed by atoms with Gasteiger partial charge in [0.25, 0.3) is 5.91 Å². The smallest absolute Gasteiger partial charge is 0.258 e. The summed E-state index contributed by atoms with van der Waals surface area (Å²) in [6.07, 6.45) is 2.30. The molecule has 7 rings (SSSR count). The number of halogens is 2. The number of ether oxygens (including phenoxy) is 2. The Kier molecular flexibility index (Phi) is 4.61. The van der Waals surface area contributed by atoms with Gasteiger partial charge in [0.05, 0.1) is 40.6 Å². The molecule has 0 radical (unpaired) electrons. The first-order valence-corrected chi connectivity index (χ1v) is 12.7. The number of carbonyl (C=O) groups excluding carboxylic acids is 1. The largest absolute Gasteiger partial charge is 0.487 e. The number of aliphatic imine (C=N–C) groups is 1. The Morgan fingerprint density at radius 2 is 2.08 bits per heavy atom. The van der Waals surface area contributed by atoms with Crippen LogP contribution in [-0.4, -0.2) is 76.2 Å². The molecule has 6 aliphatic heterocycles. The van der Waals surface area contributed by atoms with E-state index in [1.807, 2.05) is 13.8 Å². The SMILES string of the molecule is CC1=N/C(=C2\CN(C(=O)c3ccc(F)cc3O[C@@H]3C[C@H]4[C@@H]5O[C@@H]5[C@H]5CC3(C)N54)CC2=N)NC(C)=C1Cl. The van der Waals surface area contributed by atoms with Gasteiger partial charge in [-0.3, -0.25) is 9.69 Å². The fourth-order valence-electron chi connectivity index (χ4n) is 6.88. The highest BCUT2D eigenvalue weighted by Gasteiger charge is 2.76. The van der Waals surface area contributed by atoms with E-state index in [4.69, 9.17) is 26.5 Å². The fraction of sp³-hybridized carbons (Fsp3) is 0.500. The molecule has 0 saturated carbocycles. The molecule has 0 spiro atoms. The van der Waals surface area contributed by atoms with Crippen molar-refractivity contribution in [3.05, 3.63) is 51.7 Å². The average Bonchev–Trinajstić information content (AvgIpc) is 3.36. The maximum absolute atomic E-state index is 14.3. The van der Waals surface area contributed by atoms with Crippen LogP contribution in [0.3, 0.4) is 0 Å². The highest BCUT2D eigenvalue weighted by atomic mass is 35.5. The van der Waals surface area contributed by atoms with Crippen LogP contribution in [0.5, 0.6) is 5.75 Å². The molecule has 0 bridgehead atoms. The maximum Gasteiger partial charge on any atom is 0.258 e. The Morgan fingerprint density at radius 3 is 2.83 bits per heavy atom. The summed E-state index contributed by atoms with van der Waals surface area (Å²) >= 11 is 6.24. The van der Waals surface area contributed by atoms with Crippen LogP contribution in [0.2, 0.25) is 0 Å². The lowest BCUT2D eigenvalue weighted by molar-refractivity contribution is -0.0934. The van der Waals surface area contributed by atoms with Gasteiger partial charge in [-0.05, 0) is 39.3 Å². The minimum absolute atomic E-state index is 0.124. The second-order valence-electron chi connectivity index (χ2n) is 10.9. The summed E-state index contributed by atoms with van der Waals surface area (Å²) in [7, 11) is 0. The second-order valence-corrected chi connectivity index (χ2v) is 11.3. The van der Waals surface area contributed by atoms with Crippen LogP contribution in [-0.2, 0) is 4.74 Å². The second kappa shape index (κ2) is 7.40. The Bertz CT molecular complexity index is 1340. The van der Waals surface area contributed by atoms with Gasteiger partial charge in [0.2, 0.25) is 0 Å². The van der Waals surface area contributed by atoms with Crippen LogP contribution in [0.4, 0.5) is 4.39 Å². The van der Waals surface area contributed by atoms with Gasteiger partial charge < -0.3 is 25.1 Å². The van der Waals surface area contributed by atoms with Crippen LogP contribution in [0.25, 0.3) is 0 Å². The van der Waals surface area contributed by atoms with Gasteiger partial charge in [-0.15, -0.1) is 0 Å². The molecule has 6 aliphatic rings. The lowest BCUT2D eigenvalue weighted by Gasteiger charge is -2.53. The number of rotatable bonds is 3. The predicted molar refractivity (Wildman–Crippen MR) is 132 cm³/mol. The molecule has 1 aromatic rings. The molecule has 188 valence electrons. The molecule has 1 amide bonds. The standard InChI is InChI=1S/C26H27ClFN5O3/c1-11-21(27)12(2)31-24(30-11)15-9-32(10-16(15)29)25(34)14-5-4-13(28)6-19(14)35-20-7-17-22-23(36-22)18-8-26(20,3)33(17)18/h4-6,17-18,20,22-23,29-30H,7-10H2,1-3H3/b24-15+,29-16?/t17-,18+,20+,22-,23+,26?/m0/s1. The summed E-state index contributed by atoms with van der Waals surface area (Å²) in [5.74, 6) is 0.0411. The number of nitrogens with one attached hydrogen (secondary N) is 2. The Hall–Kier alpha value is -2.75. The molecule has 6 atom stereocenters. The van der Waals surface area contributed by atoms with Crippen molar-refractivity contribution < 1.29 is 18.7 Å². The molecule has 8 nitrogen and oxygen atoms in total. The number of carbonyl (C=O) groups is 1. The average molecular weight is 512 g/mol. The Morgan fingerprint density at radius 1 is 1.31 bits per heavy atom. The van der Waals surface area contributed by atoms with Crippen molar-refractivity contribution in [3.63, 3.8) is 0 Å². The third-order valence-electron chi connectivity index (χ3n) is 8.71. The highest BCUT2D eigenvalue weighted by molar-refractivity contribution is 6.43. The minimum Gasteiger partial charge on any atom is -0.487 e. The summed E-state index contributed by atoms with van der Waals surface area (Å²) in [5, 5.41) is 12.2. The molecule has 1 aromatic carbocycles. The summed E-state index contributed by atoms with van der Waals surface area (Å²) < 4.78 is 26.6. The van der Waals surface area contributed by atoms with Gasteiger partial charge in [-0.25, -0.2) is 9.38 Å². The third-order valence-corrected chi connectivity index (χ3v) is 9.26. The first kappa shape index (κ1) is 22.4. The van der Waals surface area contributed by atoms with Crippen molar-refractivity contribution in [2.75, 3.05) is 13.1 Å². The predicted octanol–water partition coefficient (Wildman–Crippen LogP) is 3.18. The Labute approximate surface area is 213 Å². The number of hydrogen-bond acceptors (Lipinski definition) is 7. The first-order chi connectivity index (χ1) is 17.2. The molecular weight excluding hydrogens is 485 g/mol. The lowest BCUT2D eigenvalue weighted by atomic mass is 9.78. The molecule has 2 N–H and O–H groups in total. The van der Waals surface area contributed by atoms with Crippen molar-refractivity contribution >= 4 is 28.9 Å². The van der Waals surface area contributed by atoms with Gasteiger partial charge in [0.1, 0.15) is 35.7 Å². The van der Waals surface area contributed by atoms with Crippen molar-refractivity contribution in [1.29, 1.82) is 5.41 Å². The summed E-state index contributed by atoms with van der Waals surface area (Å²) in [6, 6.07) is 4.87. The summed E-state index contributed by atoms with van der Waals surface area (Å²) in [6.45, 7) is 6.21. The summed E-state index contributed by atoms with van der Waals surface area (Å²) in [5.41, 5.74) is 2.54. The van der Waals surface area contributed by atoms with Gasteiger partial charge in [0, 0.05) is 35.8 Å². The summed E-state index contributed by atoms with van der Waals surface area (Å²) in [4.78, 5) is 22.2. The van der Waals surface area contributed by atoms with E-state index in [2.05, 4.69) is 22.1 Å². The van der Waals surface area contributed by atoms with Crippen LogP contribution < -0.4 is 10.1 Å². The van der Waals surface area contributed by atoms with Crippen LogP contribution in [0.1, 0.15) is 44.0 Å². The van der Waals surface area contributed by atoms with Crippen molar-refractivity contribution in [1.82, 2.24) is 15.1 Å².